The van der Waals surface area contributed by atoms with Crippen molar-refractivity contribution in [2.75, 3.05) is 0 Å². The molecule has 1 aliphatic carbocycles. The van der Waals surface area contributed by atoms with E-state index in [0.717, 1.165) is 12.8 Å². The number of fused-ring (bicyclic) bond motifs is 6. The Kier molecular flexibility index (Phi) is 2.67. The van der Waals surface area contributed by atoms with E-state index in [2.05, 4.69) is 72.8 Å². The highest BCUT2D eigenvalue weighted by atomic mass is 14.2. The summed E-state index contributed by atoms with van der Waals surface area (Å²) < 4.78 is 0. The van der Waals surface area contributed by atoms with E-state index in [9.17, 15) is 0 Å². The summed E-state index contributed by atoms with van der Waals surface area (Å²) in [5.74, 6) is 0. The lowest BCUT2D eigenvalue weighted by Crippen LogP contribution is -1.94. The van der Waals surface area contributed by atoms with Crippen molar-refractivity contribution in [1.29, 1.82) is 0 Å². The largest absolute Gasteiger partial charge is 0.0620 e. The van der Waals surface area contributed by atoms with Crippen molar-refractivity contribution in [2.24, 2.45) is 0 Å². The molecule has 4 rings (SSSR count). The Hall–Kier alpha value is -2.34. The van der Waals surface area contributed by atoms with Crippen LogP contribution in [0.2, 0.25) is 0 Å². The first-order valence-electron chi connectivity index (χ1n) is 7.18. The molecule has 0 aliphatic heterocycles. The van der Waals surface area contributed by atoms with Crippen molar-refractivity contribution in [3.63, 3.8) is 0 Å². The van der Waals surface area contributed by atoms with Gasteiger partial charge >= 0.3 is 0 Å². The summed E-state index contributed by atoms with van der Waals surface area (Å²) in [4.78, 5) is 0. The van der Waals surface area contributed by atoms with Gasteiger partial charge in [0.2, 0.25) is 0 Å². The molecule has 3 aromatic carbocycles. The summed E-state index contributed by atoms with van der Waals surface area (Å²) in [7, 11) is 0. The molecule has 20 heavy (non-hydrogen) atoms. The molecule has 1 aliphatic rings. The summed E-state index contributed by atoms with van der Waals surface area (Å²) in [6.07, 6.45) is 2.21. The first kappa shape index (κ1) is 11.5. The molecule has 0 saturated carbocycles. The second-order valence-corrected chi connectivity index (χ2v) is 5.40. The van der Waals surface area contributed by atoms with E-state index < -0.39 is 0 Å². The van der Waals surface area contributed by atoms with Crippen LogP contribution in [-0.4, -0.2) is 0 Å². The van der Waals surface area contributed by atoms with Crippen LogP contribution in [0.1, 0.15) is 11.1 Å². The van der Waals surface area contributed by atoms with Gasteiger partial charge in [-0.3, -0.25) is 0 Å². The van der Waals surface area contributed by atoms with Crippen molar-refractivity contribution >= 4 is 0 Å². The Morgan fingerprint density at radius 1 is 0.500 bits per heavy atom. The molecule has 0 aromatic heterocycles. The zero-order valence-electron chi connectivity index (χ0n) is 11.3. The maximum atomic E-state index is 2.32. The van der Waals surface area contributed by atoms with Crippen molar-refractivity contribution in [3.8, 4) is 22.3 Å². The highest BCUT2D eigenvalue weighted by Crippen LogP contribution is 2.33. The molecule has 0 nitrogen and oxygen atoms in total. The zero-order chi connectivity index (χ0) is 13.4. The van der Waals surface area contributed by atoms with E-state index >= 15 is 0 Å². The molecule has 0 amide bonds. The third-order valence-electron chi connectivity index (χ3n) is 4.18. The van der Waals surface area contributed by atoms with E-state index in [4.69, 9.17) is 0 Å². The van der Waals surface area contributed by atoms with E-state index in [1.54, 1.807) is 0 Å². The van der Waals surface area contributed by atoms with Crippen molar-refractivity contribution in [1.82, 2.24) is 0 Å². The van der Waals surface area contributed by atoms with E-state index in [1.807, 2.05) is 0 Å². The first-order valence-corrected chi connectivity index (χ1v) is 7.18. The van der Waals surface area contributed by atoms with Gasteiger partial charge in [0.1, 0.15) is 0 Å². The maximum Gasteiger partial charge on any atom is -0.0152 e. The molecule has 0 N–H and O–H groups in total. The standard InChI is InChI=1S/C20H16/c1-3-10-19-15(6-1)12-13-16-7-2-4-11-20(16)18-9-5-8-17(19)14-18/h1-11,14H,12-13H2. The number of hydrogen-bond acceptors (Lipinski definition) is 0. The van der Waals surface area contributed by atoms with Gasteiger partial charge in [-0.2, -0.15) is 0 Å². The van der Waals surface area contributed by atoms with Crippen LogP contribution < -0.4 is 0 Å². The summed E-state index contributed by atoms with van der Waals surface area (Å²) in [6.45, 7) is 0. The molecule has 2 bridgehead atoms. The van der Waals surface area contributed by atoms with Gasteiger partial charge < -0.3 is 0 Å². The normalized spacial score (nSPS) is 12.6. The fourth-order valence-electron chi connectivity index (χ4n) is 3.16. The molecule has 0 heteroatoms. The van der Waals surface area contributed by atoms with Crippen molar-refractivity contribution in [3.05, 3.63) is 83.9 Å². The van der Waals surface area contributed by atoms with E-state index in [-0.39, 0.29) is 0 Å². The highest BCUT2D eigenvalue weighted by Gasteiger charge is 2.12. The van der Waals surface area contributed by atoms with Crippen LogP contribution in [0.15, 0.2) is 72.8 Å². The second-order valence-electron chi connectivity index (χ2n) is 5.40. The van der Waals surface area contributed by atoms with Crippen LogP contribution in [0.25, 0.3) is 22.3 Å². The summed E-state index contributed by atoms with van der Waals surface area (Å²) >= 11 is 0. The predicted octanol–water partition coefficient (Wildman–Crippen LogP) is 5.12. The van der Waals surface area contributed by atoms with Crippen LogP contribution in [0.3, 0.4) is 0 Å². The van der Waals surface area contributed by atoms with Gasteiger partial charge in [-0.25, -0.2) is 0 Å². The molecule has 96 valence electrons. The quantitative estimate of drug-likeness (QED) is 0.523. The molecular weight excluding hydrogens is 240 g/mol. The lowest BCUT2D eigenvalue weighted by atomic mass is 9.96. The summed E-state index contributed by atoms with van der Waals surface area (Å²) in [6, 6.07) is 26.5. The lowest BCUT2D eigenvalue weighted by Gasteiger charge is -2.08. The average molecular weight is 256 g/mol. The minimum absolute atomic E-state index is 1.10. The van der Waals surface area contributed by atoms with Crippen LogP contribution in [0, 0.1) is 0 Å². The smallest absolute Gasteiger partial charge is 0.0152 e. The third kappa shape index (κ3) is 1.85. The molecule has 0 atom stereocenters. The highest BCUT2D eigenvalue weighted by molar-refractivity contribution is 5.77. The minimum Gasteiger partial charge on any atom is -0.0620 e. The number of benzene rings is 3. The van der Waals surface area contributed by atoms with Gasteiger partial charge in [-0.1, -0.05) is 66.7 Å². The van der Waals surface area contributed by atoms with Gasteiger partial charge in [-0.15, -0.1) is 0 Å². The number of hydrogen-bond donors (Lipinski definition) is 0. The Balaban J connectivity index is 2.01. The Morgan fingerprint density at radius 2 is 1.00 bits per heavy atom. The van der Waals surface area contributed by atoms with Gasteiger partial charge in [0.05, 0.1) is 0 Å². The van der Waals surface area contributed by atoms with E-state index in [0.29, 0.717) is 0 Å². The van der Waals surface area contributed by atoms with Gasteiger partial charge in [-0.05, 0) is 52.3 Å². The Bertz CT molecular complexity index is 706. The maximum absolute atomic E-state index is 2.32. The summed E-state index contributed by atoms with van der Waals surface area (Å²) in [5.41, 5.74) is 8.30. The van der Waals surface area contributed by atoms with Crippen LogP contribution >= 0.6 is 0 Å². The lowest BCUT2D eigenvalue weighted by molar-refractivity contribution is 0.966. The third-order valence-corrected chi connectivity index (χ3v) is 4.18. The molecular formula is C20H16. The Labute approximate surface area is 119 Å². The molecule has 0 radical (unpaired) electrons. The summed E-state index contributed by atoms with van der Waals surface area (Å²) in [5, 5.41) is 0. The molecule has 0 unspecified atom stereocenters. The monoisotopic (exact) mass is 256 g/mol. The second kappa shape index (κ2) is 4.64. The fourth-order valence-corrected chi connectivity index (χ4v) is 3.16. The topological polar surface area (TPSA) is 0 Å². The zero-order valence-corrected chi connectivity index (χ0v) is 11.3. The first-order chi connectivity index (χ1) is 9.92. The van der Waals surface area contributed by atoms with Crippen LogP contribution in [0.5, 0.6) is 0 Å². The minimum atomic E-state index is 1.10. The van der Waals surface area contributed by atoms with Crippen molar-refractivity contribution < 1.29 is 0 Å². The molecule has 0 spiro atoms. The fraction of sp³-hybridized carbons (Fsp3) is 0.100. The average Bonchev–Trinajstić information content (AvgIpc) is 2.57. The van der Waals surface area contributed by atoms with Gasteiger partial charge in [0.15, 0.2) is 0 Å². The van der Waals surface area contributed by atoms with E-state index in [1.165, 1.54) is 33.4 Å². The molecule has 0 heterocycles. The predicted molar refractivity (Wildman–Crippen MR) is 84.7 cm³/mol. The number of aryl methyl sites for hydroxylation is 2. The van der Waals surface area contributed by atoms with Gasteiger partial charge in [0, 0.05) is 0 Å². The SMILES string of the molecule is c1cc2cc(c1)-c1ccccc1CCc1ccccc1-2. The van der Waals surface area contributed by atoms with Crippen LogP contribution in [-0.2, 0) is 12.8 Å². The molecule has 0 saturated heterocycles. The van der Waals surface area contributed by atoms with Crippen LogP contribution in [0.4, 0.5) is 0 Å². The van der Waals surface area contributed by atoms with Gasteiger partial charge in [0.25, 0.3) is 0 Å². The molecule has 3 aromatic rings. The van der Waals surface area contributed by atoms with Crippen molar-refractivity contribution in [2.45, 2.75) is 12.8 Å². The molecule has 0 fully saturated rings. The Morgan fingerprint density at radius 3 is 1.55 bits per heavy atom. The number of rotatable bonds is 0.